The number of nitrogens with one attached hydrogen (secondary N) is 1. The second kappa shape index (κ2) is 6.75. The van der Waals surface area contributed by atoms with Crippen molar-refractivity contribution in [1.29, 1.82) is 0 Å². The number of nitrogens with zero attached hydrogens (tertiary/aromatic N) is 1. The Morgan fingerprint density at radius 2 is 1.83 bits per heavy atom. The van der Waals surface area contributed by atoms with Crippen molar-refractivity contribution in [2.24, 2.45) is 0 Å². The summed E-state index contributed by atoms with van der Waals surface area (Å²) in [5, 5.41) is 3.19. The number of anilines is 2. The SMILES string of the molecule is C[C@H]1Cc2ccccc2N1S(=O)(=O)c1ccc2c(c1)C(=O)Nc1cc(Cl)ccc1O2. The molecule has 8 heteroatoms. The first-order valence-electron chi connectivity index (χ1n) is 9.40. The number of benzene rings is 3. The number of ether oxygens (including phenoxy) is 1. The highest BCUT2D eigenvalue weighted by Gasteiger charge is 2.36. The van der Waals surface area contributed by atoms with Gasteiger partial charge in [-0.2, -0.15) is 0 Å². The lowest BCUT2D eigenvalue weighted by Gasteiger charge is -2.24. The maximum atomic E-state index is 13.5. The van der Waals surface area contributed by atoms with Crippen molar-refractivity contribution in [2.45, 2.75) is 24.3 Å². The Kier molecular flexibility index (Phi) is 4.27. The van der Waals surface area contributed by atoms with Gasteiger partial charge in [0.05, 0.1) is 21.8 Å². The van der Waals surface area contributed by atoms with E-state index in [0.717, 1.165) is 5.56 Å². The highest BCUT2D eigenvalue weighted by molar-refractivity contribution is 7.92. The number of hydrogen-bond donors (Lipinski definition) is 1. The van der Waals surface area contributed by atoms with Gasteiger partial charge in [-0.3, -0.25) is 9.10 Å². The third-order valence-corrected chi connectivity index (χ3v) is 7.47. The quantitative estimate of drug-likeness (QED) is 0.618. The molecule has 0 aromatic heterocycles. The van der Waals surface area contributed by atoms with Gasteiger partial charge >= 0.3 is 0 Å². The Morgan fingerprint density at radius 1 is 1.07 bits per heavy atom. The summed E-state index contributed by atoms with van der Waals surface area (Å²) in [6, 6.07) is 16.5. The first kappa shape index (κ1) is 19.0. The molecule has 0 aliphatic carbocycles. The minimum atomic E-state index is -3.87. The van der Waals surface area contributed by atoms with Gasteiger partial charge in [0.15, 0.2) is 5.75 Å². The van der Waals surface area contributed by atoms with Crippen LogP contribution in [0.25, 0.3) is 0 Å². The number of sulfonamides is 1. The maximum absolute atomic E-state index is 13.5. The van der Waals surface area contributed by atoms with Gasteiger partial charge in [0.1, 0.15) is 5.75 Å². The van der Waals surface area contributed by atoms with Crippen LogP contribution in [0, 0.1) is 0 Å². The topological polar surface area (TPSA) is 75.7 Å². The summed E-state index contributed by atoms with van der Waals surface area (Å²) in [6.45, 7) is 1.87. The molecule has 6 nitrogen and oxygen atoms in total. The third kappa shape index (κ3) is 2.93. The smallest absolute Gasteiger partial charge is 0.264 e. The largest absolute Gasteiger partial charge is 0.454 e. The molecule has 0 saturated carbocycles. The average Bonchev–Trinajstić information content (AvgIpc) is 2.99. The van der Waals surface area contributed by atoms with E-state index in [9.17, 15) is 13.2 Å². The van der Waals surface area contributed by atoms with Gasteiger partial charge in [-0.1, -0.05) is 29.8 Å². The van der Waals surface area contributed by atoms with Crippen LogP contribution >= 0.6 is 11.6 Å². The van der Waals surface area contributed by atoms with E-state index in [2.05, 4.69) is 5.32 Å². The molecule has 0 unspecified atom stereocenters. The predicted molar refractivity (Wildman–Crippen MR) is 115 cm³/mol. The zero-order chi connectivity index (χ0) is 21.0. The van der Waals surface area contributed by atoms with Crippen LogP contribution in [0.15, 0.2) is 65.6 Å². The minimum absolute atomic E-state index is 0.0348. The molecule has 0 spiro atoms. The lowest BCUT2D eigenvalue weighted by molar-refractivity contribution is 0.102. The van der Waals surface area contributed by atoms with Crippen molar-refractivity contribution in [3.63, 3.8) is 0 Å². The Bertz CT molecular complexity index is 1310. The third-order valence-electron chi connectivity index (χ3n) is 5.31. The molecule has 30 heavy (non-hydrogen) atoms. The van der Waals surface area contributed by atoms with Crippen LogP contribution in [-0.4, -0.2) is 20.4 Å². The van der Waals surface area contributed by atoms with E-state index in [1.165, 1.54) is 22.5 Å². The molecule has 0 bridgehead atoms. The Labute approximate surface area is 179 Å². The van der Waals surface area contributed by atoms with E-state index in [1.54, 1.807) is 24.3 Å². The van der Waals surface area contributed by atoms with Crippen LogP contribution in [0.3, 0.4) is 0 Å². The molecule has 152 valence electrons. The first-order chi connectivity index (χ1) is 14.3. The highest BCUT2D eigenvalue weighted by atomic mass is 35.5. The van der Waals surface area contributed by atoms with Crippen LogP contribution in [0.5, 0.6) is 11.5 Å². The van der Waals surface area contributed by atoms with Crippen LogP contribution in [0.1, 0.15) is 22.8 Å². The van der Waals surface area contributed by atoms with E-state index in [-0.39, 0.29) is 22.3 Å². The summed E-state index contributed by atoms with van der Waals surface area (Å²) in [6.07, 6.45) is 0.639. The molecule has 1 atom stereocenters. The number of carbonyl (C=O) groups is 1. The lowest BCUT2D eigenvalue weighted by Crippen LogP contribution is -2.35. The van der Waals surface area contributed by atoms with Crippen LogP contribution in [0.4, 0.5) is 11.4 Å². The Balaban J connectivity index is 1.58. The molecule has 2 aliphatic rings. The molecule has 2 heterocycles. The molecule has 2 aliphatic heterocycles. The number of halogens is 1. The fourth-order valence-corrected chi connectivity index (χ4v) is 5.84. The van der Waals surface area contributed by atoms with E-state index in [1.807, 2.05) is 25.1 Å². The summed E-state index contributed by atoms with van der Waals surface area (Å²) in [5.74, 6) is 0.254. The van der Waals surface area contributed by atoms with Crippen LogP contribution in [-0.2, 0) is 16.4 Å². The zero-order valence-electron chi connectivity index (χ0n) is 15.9. The van der Waals surface area contributed by atoms with E-state index >= 15 is 0 Å². The van der Waals surface area contributed by atoms with E-state index in [4.69, 9.17) is 16.3 Å². The summed E-state index contributed by atoms with van der Waals surface area (Å²) >= 11 is 6.01. The zero-order valence-corrected chi connectivity index (χ0v) is 17.5. The van der Waals surface area contributed by atoms with Gasteiger partial charge in [0, 0.05) is 11.1 Å². The lowest BCUT2D eigenvalue weighted by atomic mass is 10.1. The monoisotopic (exact) mass is 440 g/mol. The molecule has 3 aromatic rings. The fourth-order valence-electron chi connectivity index (χ4n) is 3.95. The Hall–Kier alpha value is -3.03. The van der Waals surface area contributed by atoms with Gasteiger partial charge in [-0.15, -0.1) is 0 Å². The summed E-state index contributed by atoms with van der Waals surface area (Å²) < 4.78 is 34.2. The predicted octanol–water partition coefficient (Wildman–Crippen LogP) is 4.84. The van der Waals surface area contributed by atoms with Gasteiger partial charge in [-0.25, -0.2) is 8.42 Å². The average molecular weight is 441 g/mol. The molecule has 3 aromatic carbocycles. The van der Waals surface area contributed by atoms with Gasteiger partial charge in [0.2, 0.25) is 0 Å². The number of amides is 1. The van der Waals surface area contributed by atoms with Crippen molar-refractivity contribution < 1.29 is 17.9 Å². The number of rotatable bonds is 2. The molecular formula is C22H17ClN2O4S. The maximum Gasteiger partial charge on any atom is 0.264 e. The van der Waals surface area contributed by atoms with Crippen molar-refractivity contribution in [3.05, 3.63) is 76.8 Å². The van der Waals surface area contributed by atoms with Gasteiger partial charge in [0.25, 0.3) is 15.9 Å². The molecule has 0 radical (unpaired) electrons. The molecule has 1 amide bonds. The summed E-state index contributed by atoms with van der Waals surface area (Å²) in [4.78, 5) is 12.8. The molecule has 0 fully saturated rings. The second-order valence-electron chi connectivity index (χ2n) is 7.34. The summed E-state index contributed by atoms with van der Waals surface area (Å²) in [7, 11) is -3.87. The Morgan fingerprint density at radius 3 is 2.67 bits per heavy atom. The van der Waals surface area contributed by atoms with Crippen LogP contribution < -0.4 is 14.4 Å². The van der Waals surface area contributed by atoms with Crippen molar-refractivity contribution in [2.75, 3.05) is 9.62 Å². The number of fused-ring (bicyclic) bond motifs is 3. The van der Waals surface area contributed by atoms with E-state index < -0.39 is 15.9 Å². The molecule has 5 rings (SSSR count). The standard InChI is InChI=1S/C22H17ClN2O4S/c1-13-10-14-4-2-3-5-19(14)25(13)30(27,28)16-7-9-20-17(12-16)22(26)24-18-11-15(23)6-8-21(18)29-20/h2-9,11-13H,10H2,1H3,(H,24,26)/t13-/m0/s1. The minimum Gasteiger partial charge on any atom is -0.454 e. The van der Waals surface area contributed by atoms with Crippen LogP contribution in [0.2, 0.25) is 5.02 Å². The van der Waals surface area contributed by atoms with Crippen molar-refractivity contribution in [1.82, 2.24) is 0 Å². The fraction of sp³-hybridized carbons (Fsp3) is 0.136. The normalized spacial score (nSPS) is 17.3. The highest BCUT2D eigenvalue weighted by Crippen LogP contribution is 2.40. The second-order valence-corrected chi connectivity index (χ2v) is 9.59. The van der Waals surface area contributed by atoms with E-state index in [0.29, 0.717) is 28.6 Å². The van der Waals surface area contributed by atoms with Gasteiger partial charge < -0.3 is 10.1 Å². The van der Waals surface area contributed by atoms with Crippen molar-refractivity contribution >= 4 is 38.9 Å². The number of para-hydroxylation sites is 1. The number of hydrogen-bond acceptors (Lipinski definition) is 4. The van der Waals surface area contributed by atoms with Gasteiger partial charge in [-0.05, 0) is 61.4 Å². The molecular weight excluding hydrogens is 424 g/mol. The van der Waals surface area contributed by atoms with Crippen molar-refractivity contribution in [3.8, 4) is 11.5 Å². The summed E-state index contributed by atoms with van der Waals surface area (Å²) in [5.41, 5.74) is 2.22. The molecule has 1 N–H and O–H groups in total. The first-order valence-corrected chi connectivity index (χ1v) is 11.2. The molecule has 0 saturated heterocycles. The number of carbonyl (C=O) groups excluding carboxylic acids is 1.